The maximum atomic E-state index is 12.2. The molecule has 8 N–H and O–H groups in total. The fourth-order valence-corrected chi connectivity index (χ4v) is 4.21. The first kappa shape index (κ1) is 28.5. The zero-order valence-corrected chi connectivity index (χ0v) is 22.8. The van der Waals surface area contributed by atoms with Crippen LogP contribution in [0.2, 0.25) is 0 Å². The number of amides is 2. The average Bonchev–Trinajstić information content (AvgIpc) is 2.89. The number of amidine groups is 1. The van der Waals surface area contributed by atoms with Crippen LogP contribution in [0.4, 0.5) is 4.79 Å². The summed E-state index contributed by atoms with van der Waals surface area (Å²) in [7, 11) is 0. The summed E-state index contributed by atoms with van der Waals surface area (Å²) in [5, 5.41) is 17.1. The zero-order chi connectivity index (χ0) is 27.7. The lowest BCUT2D eigenvalue weighted by atomic mass is 9.97. The number of piperidine rings is 1. The number of nitrogens with two attached hydrogens (primary N) is 2. The molecule has 3 aliphatic rings. The normalized spacial score (nSPS) is 19.3. The van der Waals surface area contributed by atoms with Gasteiger partial charge in [0.15, 0.2) is 0 Å². The molecule has 2 amide bonds. The Morgan fingerprint density at radius 3 is 2.61 bits per heavy atom. The Morgan fingerprint density at radius 2 is 1.97 bits per heavy atom. The van der Waals surface area contributed by atoms with E-state index in [4.69, 9.17) is 16.9 Å². The van der Waals surface area contributed by atoms with Crippen LogP contribution in [-0.2, 0) is 0 Å². The van der Waals surface area contributed by atoms with Gasteiger partial charge >= 0.3 is 6.03 Å². The van der Waals surface area contributed by atoms with Gasteiger partial charge < -0.3 is 37.7 Å². The van der Waals surface area contributed by atoms with Crippen molar-refractivity contribution in [1.82, 2.24) is 20.9 Å². The van der Waals surface area contributed by atoms with E-state index in [1.54, 1.807) is 12.3 Å². The first-order valence-electron chi connectivity index (χ1n) is 13.1. The molecule has 10 nitrogen and oxygen atoms in total. The molecule has 0 aromatic carbocycles. The monoisotopic (exact) mass is 519 g/mol. The van der Waals surface area contributed by atoms with Crippen molar-refractivity contribution in [3.63, 3.8) is 0 Å². The van der Waals surface area contributed by atoms with Gasteiger partial charge in [0.05, 0.1) is 11.4 Å². The highest BCUT2D eigenvalue weighted by molar-refractivity contribution is 5.97. The Kier molecular flexibility index (Phi) is 10.1. The summed E-state index contributed by atoms with van der Waals surface area (Å²) in [6.45, 7) is 10.1. The summed E-state index contributed by atoms with van der Waals surface area (Å²) in [5.74, 6) is 1.55. The van der Waals surface area contributed by atoms with Gasteiger partial charge in [0, 0.05) is 61.7 Å². The van der Waals surface area contributed by atoms with E-state index in [1.165, 1.54) is 6.21 Å². The van der Waals surface area contributed by atoms with Gasteiger partial charge in [-0.05, 0) is 68.4 Å². The smallest absolute Gasteiger partial charge is 0.317 e. The van der Waals surface area contributed by atoms with Crippen LogP contribution in [0.5, 0.6) is 0 Å². The van der Waals surface area contributed by atoms with Crippen LogP contribution < -0.4 is 27.4 Å². The van der Waals surface area contributed by atoms with Crippen molar-refractivity contribution in [2.75, 3.05) is 19.6 Å². The molecule has 1 saturated heterocycles. The molecule has 0 radical (unpaired) electrons. The third-order valence-electron chi connectivity index (χ3n) is 6.46. The Hall–Kier alpha value is -4.08. The van der Waals surface area contributed by atoms with E-state index in [0.717, 1.165) is 54.0 Å². The van der Waals surface area contributed by atoms with E-state index in [1.807, 2.05) is 63.2 Å². The standard InChI is InChI=1S/C28H41N9O/c1-18(2)21(13-29)12-26(31)36-27-6-5-24-25(35-27)11-22(17-33-24)23(14-30)16-32-15-20-7-9-37(10-8-20)28(38)34-19(3)4/h5-6,11-14,16-20,29,33,35H,7-10,15,30H2,1-4H3,(H2,31,36)(H,34,38). The number of hydrogen-bond acceptors (Lipinski definition) is 7. The van der Waals surface area contributed by atoms with Crippen molar-refractivity contribution in [1.29, 1.82) is 5.41 Å². The maximum absolute atomic E-state index is 12.2. The number of fused-ring (bicyclic) bond motifs is 1. The third kappa shape index (κ3) is 7.96. The van der Waals surface area contributed by atoms with Crippen molar-refractivity contribution in [3.8, 4) is 0 Å². The van der Waals surface area contributed by atoms with Crippen LogP contribution in [0.25, 0.3) is 0 Å². The van der Waals surface area contributed by atoms with Gasteiger partial charge in [0.25, 0.3) is 0 Å². The van der Waals surface area contributed by atoms with Gasteiger partial charge in [-0.15, -0.1) is 0 Å². The number of rotatable bonds is 9. The van der Waals surface area contributed by atoms with Gasteiger partial charge in [0.2, 0.25) is 0 Å². The first-order valence-corrected chi connectivity index (χ1v) is 13.1. The molecule has 0 atom stereocenters. The second-order valence-corrected chi connectivity index (χ2v) is 10.2. The molecule has 0 aromatic rings. The topological polar surface area (TPSA) is 157 Å². The summed E-state index contributed by atoms with van der Waals surface area (Å²) in [4.78, 5) is 23.2. The quantitative estimate of drug-likeness (QED) is 0.204. The number of urea groups is 1. The summed E-state index contributed by atoms with van der Waals surface area (Å²) in [6, 6.07) is 0.154. The van der Waals surface area contributed by atoms with E-state index < -0.39 is 0 Å². The van der Waals surface area contributed by atoms with E-state index in [0.29, 0.717) is 24.1 Å². The molecule has 204 valence electrons. The van der Waals surface area contributed by atoms with Crippen LogP contribution in [0.15, 0.2) is 80.6 Å². The number of nitrogens with zero attached hydrogens (tertiary/aromatic N) is 3. The second kappa shape index (κ2) is 13.5. The molecular formula is C28H41N9O. The SMILES string of the molecule is CC(C)NC(=O)N1CCC(CN=CC(=CN)C2=CNC3=CC=C(N=C(N)C=C(C=N)C(C)C)NC3=C2)CC1. The molecule has 0 unspecified atom stereocenters. The highest BCUT2D eigenvalue weighted by Crippen LogP contribution is 2.23. The summed E-state index contributed by atoms with van der Waals surface area (Å²) < 4.78 is 0. The van der Waals surface area contributed by atoms with Gasteiger partial charge in [-0.2, -0.15) is 0 Å². The van der Waals surface area contributed by atoms with E-state index in [9.17, 15) is 4.79 Å². The number of aliphatic imine (C=N–C) groups is 2. The highest BCUT2D eigenvalue weighted by atomic mass is 16.2. The number of nitrogens with one attached hydrogen (secondary N) is 4. The molecule has 3 heterocycles. The van der Waals surface area contributed by atoms with Gasteiger partial charge in [-0.25, -0.2) is 9.79 Å². The molecule has 0 saturated carbocycles. The Morgan fingerprint density at radius 1 is 1.24 bits per heavy atom. The summed E-state index contributed by atoms with van der Waals surface area (Å²) in [6.07, 6.45) is 15.9. The van der Waals surface area contributed by atoms with Crippen LogP contribution in [0.3, 0.4) is 0 Å². The van der Waals surface area contributed by atoms with Gasteiger partial charge in [0.1, 0.15) is 11.7 Å². The van der Waals surface area contributed by atoms with Crippen molar-refractivity contribution in [3.05, 3.63) is 70.6 Å². The molecule has 0 spiro atoms. The lowest BCUT2D eigenvalue weighted by Gasteiger charge is -2.32. The van der Waals surface area contributed by atoms with Crippen molar-refractivity contribution in [2.24, 2.45) is 33.3 Å². The van der Waals surface area contributed by atoms with Crippen LogP contribution in [-0.4, -0.2) is 54.9 Å². The second-order valence-electron chi connectivity index (χ2n) is 10.2. The highest BCUT2D eigenvalue weighted by Gasteiger charge is 2.23. The molecule has 10 heteroatoms. The molecule has 3 aliphatic heterocycles. The number of dihydropyridines is 2. The number of hydrogen-bond donors (Lipinski definition) is 6. The zero-order valence-electron chi connectivity index (χ0n) is 22.8. The Balaban J connectivity index is 1.58. The van der Waals surface area contributed by atoms with E-state index in [-0.39, 0.29) is 18.0 Å². The third-order valence-corrected chi connectivity index (χ3v) is 6.46. The molecule has 0 aliphatic carbocycles. The minimum absolute atomic E-state index is 0.0133. The van der Waals surface area contributed by atoms with Crippen molar-refractivity contribution >= 4 is 24.3 Å². The lowest BCUT2D eigenvalue weighted by Crippen LogP contribution is -2.46. The largest absolute Gasteiger partial charge is 0.404 e. The number of likely N-dealkylation sites (tertiary alicyclic amines) is 1. The van der Waals surface area contributed by atoms with E-state index in [2.05, 4.69) is 25.9 Å². The average molecular weight is 520 g/mol. The predicted octanol–water partition coefficient (Wildman–Crippen LogP) is 3.02. The number of allylic oxidation sites excluding steroid dienone is 6. The molecule has 0 bridgehead atoms. The van der Waals surface area contributed by atoms with E-state index >= 15 is 0 Å². The molecule has 38 heavy (non-hydrogen) atoms. The Bertz CT molecular complexity index is 1140. The fourth-order valence-electron chi connectivity index (χ4n) is 4.21. The predicted molar refractivity (Wildman–Crippen MR) is 156 cm³/mol. The van der Waals surface area contributed by atoms with Gasteiger partial charge in [-0.3, -0.25) is 4.99 Å². The fraction of sp³-hybridized carbons (Fsp3) is 0.429. The molecule has 0 aromatic heterocycles. The lowest BCUT2D eigenvalue weighted by molar-refractivity contribution is 0.170. The molecule has 1 fully saturated rings. The minimum Gasteiger partial charge on any atom is -0.404 e. The first-order chi connectivity index (χ1) is 18.2. The van der Waals surface area contributed by atoms with Gasteiger partial charge in [-0.1, -0.05) is 13.8 Å². The van der Waals surface area contributed by atoms with Crippen LogP contribution >= 0.6 is 0 Å². The summed E-state index contributed by atoms with van der Waals surface area (Å²) in [5.41, 5.74) is 16.3. The Labute approximate surface area is 225 Å². The number of carbonyl (C=O) groups excluding carboxylic acids is 1. The number of carbonyl (C=O) groups is 1. The van der Waals surface area contributed by atoms with Crippen molar-refractivity contribution in [2.45, 2.75) is 46.6 Å². The summed E-state index contributed by atoms with van der Waals surface area (Å²) >= 11 is 0. The molecular weight excluding hydrogens is 478 g/mol. The minimum atomic E-state index is 0.0133. The molecule has 3 rings (SSSR count). The maximum Gasteiger partial charge on any atom is 0.317 e. The van der Waals surface area contributed by atoms with Crippen LogP contribution in [0, 0.1) is 17.2 Å². The van der Waals surface area contributed by atoms with Crippen LogP contribution in [0.1, 0.15) is 40.5 Å². The van der Waals surface area contributed by atoms with Crippen molar-refractivity contribution < 1.29 is 4.79 Å².